The first-order valence-electron chi connectivity index (χ1n) is 9.07. The van der Waals surface area contributed by atoms with E-state index in [9.17, 15) is 9.59 Å². The predicted octanol–water partition coefficient (Wildman–Crippen LogP) is 4.63. The first-order valence-corrected chi connectivity index (χ1v) is 9.45. The Morgan fingerprint density at radius 1 is 1.11 bits per heavy atom. The number of halogens is 1. The zero-order chi connectivity index (χ0) is 20.5. The van der Waals surface area contributed by atoms with Gasteiger partial charge in [-0.15, -0.1) is 0 Å². The molecular weight excluding hydrogens is 382 g/mol. The molecule has 0 saturated heterocycles. The van der Waals surface area contributed by atoms with Crippen LogP contribution in [0.5, 0.6) is 11.5 Å². The minimum atomic E-state index is -0.677. The zero-order valence-corrected chi connectivity index (χ0v) is 17.0. The fraction of sp³-hybridized carbons (Fsp3) is 0.333. The first kappa shape index (κ1) is 21.6. The first-order chi connectivity index (χ1) is 13.4. The molecule has 0 bridgehead atoms. The van der Waals surface area contributed by atoms with E-state index in [4.69, 9.17) is 25.8 Å². The van der Waals surface area contributed by atoms with Gasteiger partial charge < -0.3 is 19.5 Å². The number of amides is 1. The highest BCUT2D eigenvalue weighted by Crippen LogP contribution is 2.37. The molecule has 0 fully saturated rings. The summed E-state index contributed by atoms with van der Waals surface area (Å²) in [6.45, 7) is 6.16. The molecule has 0 atom stereocenters. The van der Waals surface area contributed by atoms with Gasteiger partial charge in [-0.05, 0) is 50.1 Å². The molecule has 0 heterocycles. The lowest BCUT2D eigenvalue weighted by molar-refractivity contribution is -0.119. The number of benzene rings is 2. The van der Waals surface area contributed by atoms with Crippen LogP contribution in [0.4, 0.5) is 5.69 Å². The predicted molar refractivity (Wildman–Crippen MR) is 108 cm³/mol. The van der Waals surface area contributed by atoms with Crippen LogP contribution in [0, 0.1) is 6.92 Å². The molecule has 0 saturated carbocycles. The van der Waals surface area contributed by atoms with Crippen molar-refractivity contribution in [1.82, 2.24) is 0 Å². The molecule has 0 spiro atoms. The Balaban J connectivity index is 2.03. The molecule has 0 aliphatic rings. The number of rotatable bonds is 9. The van der Waals surface area contributed by atoms with Crippen molar-refractivity contribution in [2.45, 2.75) is 27.2 Å². The largest absolute Gasteiger partial charge is 0.490 e. The van der Waals surface area contributed by atoms with E-state index in [0.717, 1.165) is 12.0 Å². The molecule has 0 aromatic heterocycles. The van der Waals surface area contributed by atoms with Gasteiger partial charge in [0.05, 0.1) is 23.8 Å². The van der Waals surface area contributed by atoms with Crippen molar-refractivity contribution in [3.8, 4) is 11.5 Å². The molecule has 150 valence electrons. The Morgan fingerprint density at radius 2 is 1.89 bits per heavy atom. The Bertz CT molecular complexity index is 838. The highest BCUT2D eigenvalue weighted by Gasteiger charge is 2.18. The van der Waals surface area contributed by atoms with Crippen LogP contribution in [0.2, 0.25) is 5.02 Å². The number of carbonyl (C=O) groups excluding carboxylic acids is 2. The second-order valence-corrected chi connectivity index (χ2v) is 6.47. The second-order valence-electron chi connectivity index (χ2n) is 6.06. The number of esters is 1. The summed E-state index contributed by atoms with van der Waals surface area (Å²) in [7, 11) is 0. The third-order valence-electron chi connectivity index (χ3n) is 3.63. The Hall–Kier alpha value is -2.73. The summed E-state index contributed by atoms with van der Waals surface area (Å²) in [5, 5.41) is 2.92. The molecule has 2 rings (SSSR count). The van der Waals surface area contributed by atoms with Gasteiger partial charge in [0, 0.05) is 5.69 Å². The molecule has 28 heavy (non-hydrogen) atoms. The monoisotopic (exact) mass is 405 g/mol. The normalized spacial score (nSPS) is 10.3. The third kappa shape index (κ3) is 6.16. The van der Waals surface area contributed by atoms with Gasteiger partial charge in [-0.25, -0.2) is 4.79 Å². The van der Waals surface area contributed by atoms with Gasteiger partial charge in [-0.3, -0.25) is 4.79 Å². The van der Waals surface area contributed by atoms with Crippen LogP contribution in [0.25, 0.3) is 0 Å². The molecular formula is C21H24ClNO5. The van der Waals surface area contributed by atoms with Crippen molar-refractivity contribution in [2.24, 2.45) is 0 Å². The lowest BCUT2D eigenvalue weighted by Crippen LogP contribution is -2.21. The highest BCUT2D eigenvalue weighted by molar-refractivity contribution is 6.32. The van der Waals surface area contributed by atoms with Crippen LogP contribution >= 0.6 is 11.6 Å². The van der Waals surface area contributed by atoms with Crippen molar-refractivity contribution in [2.75, 3.05) is 25.1 Å². The summed E-state index contributed by atoms with van der Waals surface area (Å²) >= 11 is 6.24. The maximum Gasteiger partial charge on any atom is 0.338 e. The van der Waals surface area contributed by atoms with Gasteiger partial charge >= 0.3 is 5.97 Å². The number of ether oxygens (including phenoxy) is 3. The summed E-state index contributed by atoms with van der Waals surface area (Å²) in [5.74, 6) is -0.360. The van der Waals surface area contributed by atoms with E-state index < -0.39 is 18.5 Å². The molecule has 0 aliphatic heterocycles. The molecule has 2 aromatic carbocycles. The van der Waals surface area contributed by atoms with Gasteiger partial charge in [0.1, 0.15) is 0 Å². The van der Waals surface area contributed by atoms with Crippen molar-refractivity contribution in [1.29, 1.82) is 0 Å². The van der Waals surface area contributed by atoms with Crippen molar-refractivity contribution < 1.29 is 23.8 Å². The lowest BCUT2D eigenvalue weighted by atomic mass is 10.2. The number of carbonyl (C=O) groups is 2. The maximum atomic E-state index is 12.3. The van der Waals surface area contributed by atoms with E-state index in [0.29, 0.717) is 30.4 Å². The quantitative estimate of drug-likeness (QED) is 0.615. The average molecular weight is 406 g/mol. The lowest BCUT2D eigenvalue weighted by Gasteiger charge is -2.14. The van der Waals surface area contributed by atoms with Crippen LogP contribution in [0.3, 0.4) is 0 Å². The minimum absolute atomic E-state index is 0.181. The van der Waals surface area contributed by atoms with E-state index >= 15 is 0 Å². The molecule has 0 radical (unpaired) electrons. The summed E-state index contributed by atoms with van der Waals surface area (Å²) < 4.78 is 16.2. The topological polar surface area (TPSA) is 73.9 Å². The van der Waals surface area contributed by atoms with Crippen LogP contribution < -0.4 is 14.8 Å². The number of nitrogens with one attached hydrogen (secondary N) is 1. The number of anilines is 1. The van der Waals surface area contributed by atoms with Crippen molar-refractivity contribution in [3.05, 3.63) is 52.5 Å². The van der Waals surface area contributed by atoms with Crippen LogP contribution in [0.1, 0.15) is 36.2 Å². The summed E-state index contributed by atoms with van der Waals surface area (Å²) in [6, 6.07) is 10.3. The smallest absolute Gasteiger partial charge is 0.338 e. The molecule has 1 amide bonds. The standard InChI is InChI=1S/C21H24ClNO5/c1-4-9-27-20-17(22)11-15(12-18(20)26-5-2)21(25)28-13-19(24)23-16-8-6-7-14(3)10-16/h6-8,10-12H,4-5,9,13H2,1-3H3,(H,23,24). The zero-order valence-electron chi connectivity index (χ0n) is 16.2. The third-order valence-corrected chi connectivity index (χ3v) is 3.91. The van der Waals surface area contributed by atoms with Gasteiger partial charge in [-0.1, -0.05) is 30.7 Å². The van der Waals surface area contributed by atoms with E-state index in [1.807, 2.05) is 39.0 Å². The molecule has 0 unspecified atom stereocenters. The van der Waals surface area contributed by atoms with E-state index in [2.05, 4.69) is 5.32 Å². The SMILES string of the molecule is CCCOc1c(Cl)cc(C(=O)OCC(=O)Nc2cccc(C)c2)cc1OCC. The number of hydrogen-bond acceptors (Lipinski definition) is 5. The maximum absolute atomic E-state index is 12.3. The summed E-state index contributed by atoms with van der Waals surface area (Å²) in [5.41, 5.74) is 1.83. The molecule has 1 N–H and O–H groups in total. The fourth-order valence-corrected chi connectivity index (χ4v) is 2.69. The summed E-state index contributed by atoms with van der Waals surface area (Å²) in [4.78, 5) is 24.3. The fourth-order valence-electron chi connectivity index (χ4n) is 2.43. The van der Waals surface area contributed by atoms with Crippen LogP contribution in [-0.4, -0.2) is 31.7 Å². The van der Waals surface area contributed by atoms with Gasteiger partial charge in [0.25, 0.3) is 5.91 Å². The van der Waals surface area contributed by atoms with Gasteiger partial charge in [-0.2, -0.15) is 0 Å². The molecule has 2 aromatic rings. The van der Waals surface area contributed by atoms with Crippen LogP contribution in [-0.2, 0) is 9.53 Å². The second kappa shape index (κ2) is 10.6. The molecule has 0 aliphatic carbocycles. The molecule has 7 heteroatoms. The average Bonchev–Trinajstić information content (AvgIpc) is 2.65. The van der Waals surface area contributed by atoms with Crippen molar-refractivity contribution >= 4 is 29.2 Å². The summed E-state index contributed by atoms with van der Waals surface area (Å²) in [6.07, 6.45) is 0.807. The van der Waals surface area contributed by atoms with Crippen LogP contribution in [0.15, 0.2) is 36.4 Å². The van der Waals surface area contributed by atoms with Gasteiger partial charge in [0.15, 0.2) is 18.1 Å². The van der Waals surface area contributed by atoms with Crippen molar-refractivity contribution in [3.63, 3.8) is 0 Å². The number of aryl methyl sites for hydroxylation is 1. The highest BCUT2D eigenvalue weighted by atomic mass is 35.5. The van der Waals surface area contributed by atoms with Gasteiger partial charge in [0.2, 0.25) is 0 Å². The molecule has 6 nitrogen and oxygen atoms in total. The minimum Gasteiger partial charge on any atom is -0.490 e. The Kier molecular flexibility index (Phi) is 8.14. The number of hydrogen-bond donors (Lipinski definition) is 1. The van der Waals surface area contributed by atoms with E-state index in [-0.39, 0.29) is 10.6 Å². The van der Waals surface area contributed by atoms with E-state index in [1.54, 1.807) is 6.07 Å². The van der Waals surface area contributed by atoms with E-state index in [1.165, 1.54) is 12.1 Å². The Labute approximate surface area is 169 Å². The Morgan fingerprint density at radius 3 is 2.57 bits per heavy atom.